The summed E-state index contributed by atoms with van der Waals surface area (Å²) < 4.78 is 5.68. The van der Waals surface area contributed by atoms with Gasteiger partial charge in [0.2, 0.25) is 0 Å². The van der Waals surface area contributed by atoms with Crippen LogP contribution in [0.2, 0.25) is 19.6 Å². The Labute approximate surface area is 76.7 Å². The van der Waals surface area contributed by atoms with E-state index in [1.165, 1.54) is 0 Å². The minimum absolute atomic E-state index is 0.198. The highest BCUT2D eigenvalue weighted by atomic mass is 28.4. The molecule has 1 unspecified atom stereocenters. The summed E-state index contributed by atoms with van der Waals surface area (Å²) in [6.45, 7) is 10.5. The maximum absolute atomic E-state index is 8.79. The first-order chi connectivity index (χ1) is 5.35. The zero-order valence-electron chi connectivity index (χ0n) is 8.72. The lowest BCUT2D eigenvalue weighted by atomic mass is 10.1. The standard InChI is InChI=1S/C9H19NOSi/c1-8(2)6-9(7-10)11-12(3,4)5/h8-9H,6H2,1-5H3. The Morgan fingerprint density at radius 2 is 1.83 bits per heavy atom. The van der Waals surface area contributed by atoms with Crippen molar-refractivity contribution in [2.45, 2.75) is 46.0 Å². The molecule has 0 amide bonds. The van der Waals surface area contributed by atoms with Gasteiger partial charge in [0.25, 0.3) is 0 Å². The summed E-state index contributed by atoms with van der Waals surface area (Å²) >= 11 is 0. The summed E-state index contributed by atoms with van der Waals surface area (Å²) in [5, 5.41) is 8.79. The Bertz CT molecular complexity index is 166. The molecule has 2 nitrogen and oxygen atoms in total. The molecule has 0 radical (unpaired) electrons. The van der Waals surface area contributed by atoms with Gasteiger partial charge in [-0.05, 0) is 32.0 Å². The summed E-state index contributed by atoms with van der Waals surface area (Å²) in [5.74, 6) is 0.533. The van der Waals surface area contributed by atoms with Gasteiger partial charge in [0.05, 0.1) is 6.07 Å². The van der Waals surface area contributed by atoms with E-state index in [0.29, 0.717) is 5.92 Å². The van der Waals surface area contributed by atoms with Crippen molar-refractivity contribution in [2.24, 2.45) is 5.92 Å². The normalized spacial score (nSPS) is 14.4. The molecule has 0 saturated heterocycles. The van der Waals surface area contributed by atoms with Crippen molar-refractivity contribution in [3.8, 4) is 6.07 Å². The van der Waals surface area contributed by atoms with E-state index in [1.54, 1.807) is 0 Å². The third-order valence-electron chi connectivity index (χ3n) is 1.33. The van der Waals surface area contributed by atoms with E-state index < -0.39 is 8.32 Å². The van der Waals surface area contributed by atoms with Crippen molar-refractivity contribution < 1.29 is 4.43 Å². The molecule has 0 saturated carbocycles. The molecule has 70 valence electrons. The van der Waals surface area contributed by atoms with Gasteiger partial charge in [-0.3, -0.25) is 0 Å². The van der Waals surface area contributed by atoms with Gasteiger partial charge < -0.3 is 4.43 Å². The quantitative estimate of drug-likeness (QED) is 0.631. The topological polar surface area (TPSA) is 33.0 Å². The van der Waals surface area contributed by atoms with Gasteiger partial charge in [0.15, 0.2) is 8.32 Å². The number of nitriles is 1. The molecule has 0 aliphatic carbocycles. The molecule has 0 rings (SSSR count). The van der Waals surface area contributed by atoms with Crippen LogP contribution in [0.4, 0.5) is 0 Å². The van der Waals surface area contributed by atoms with Gasteiger partial charge >= 0.3 is 0 Å². The number of nitrogens with zero attached hydrogens (tertiary/aromatic N) is 1. The van der Waals surface area contributed by atoms with Crippen LogP contribution < -0.4 is 0 Å². The van der Waals surface area contributed by atoms with Crippen molar-refractivity contribution in [1.82, 2.24) is 0 Å². The number of hydrogen-bond acceptors (Lipinski definition) is 2. The molecule has 0 aliphatic heterocycles. The summed E-state index contributed by atoms with van der Waals surface area (Å²) in [6, 6.07) is 2.20. The summed E-state index contributed by atoms with van der Waals surface area (Å²) in [5.41, 5.74) is 0. The molecule has 0 bridgehead atoms. The van der Waals surface area contributed by atoms with Crippen LogP contribution >= 0.6 is 0 Å². The predicted octanol–water partition coefficient (Wildman–Crippen LogP) is 2.78. The summed E-state index contributed by atoms with van der Waals surface area (Å²) in [4.78, 5) is 0. The van der Waals surface area contributed by atoms with Crippen LogP contribution in [0.5, 0.6) is 0 Å². The van der Waals surface area contributed by atoms with Gasteiger partial charge in [-0.15, -0.1) is 0 Å². The molecular formula is C9H19NOSi. The molecule has 3 heteroatoms. The Hall–Kier alpha value is -0.333. The monoisotopic (exact) mass is 185 g/mol. The third-order valence-corrected chi connectivity index (χ3v) is 2.32. The first-order valence-corrected chi connectivity index (χ1v) is 7.83. The second kappa shape index (κ2) is 4.63. The second-order valence-electron chi connectivity index (χ2n) is 4.48. The zero-order chi connectivity index (χ0) is 9.78. The molecule has 0 aromatic carbocycles. The average Bonchev–Trinajstić information content (AvgIpc) is 1.82. The van der Waals surface area contributed by atoms with Crippen LogP contribution in [0, 0.1) is 17.2 Å². The Morgan fingerprint density at radius 3 is 2.08 bits per heavy atom. The molecule has 0 aromatic heterocycles. The maximum atomic E-state index is 8.79. The van der Waals surface area contributed by atoms with Gasteiger partial charge in [0.1, 0.15) is 6.10 Å². The fourth-order valence-electron chi connectivity index (χ4n) is 0.982. The van der Waals surface area contributed by atoms with Crippen molar-refractivity contribution in [1.29, 1.82) is 5.26 Å². The molecule has 0 fully saturated rings. The van der Waals surface area contributed by atoms with E-state index in [9.17, 15) is 0 Å². The highest BCUT2D eigenvalue weighted by Crippen LogP contribution is 2.13. The summed E-state index contributed by atoms with van der Waals surface area (Å²) in [7, 11) is -1.53. The van der Waals surface area contributed by atoms with E-state index in [2.05, 4.69) is 39.6 Å². The Morgan fingerprint density at radius 1 is 1.33 bits per heavy atom. The Kier molecular flexibility index (Phi) is 4.51. The molecule has 12 heavy (non-hydrogen) atoms. The maximum Gasteiger partial charge on any atom is 0.185 e. The number of rotatable bonds is 4. The fraction of sp³-hybridized carbons (Fsp3) is 0.889. The molecule has 1 atom stereocenters. The van der Waals surface area contributed by atoms with Gasteiger partial charge in [-0.1, -0.05) is 13.8 Å². The molecule has 0 spiro atoms. The van der Waals surface area contributed by atoms with Gasteiger partial charge in [-0.2, -0.15) is 5.26 Å². The van der Waals surface area contributed by atoms with E-state index in [4.69, 9.17) is 9.69 Å². The molecule has 0 aromatic rings. The van der Waals surface area contributed by atoms with Gasteiger partial charge in [0, 0.05) is 0 Å². The van der Waals surface area contributed by atoms with Crippen LogP contribution in [0.15, 0.2) is 0 Å². The first-order valence-electron chi connectivity index (χ1n) is 4.42. The predicted molar refractivity (Wildman–Crippen MR) is 53.3 cm³/mol. The molecule has 0 N–H and O–H groups in total. The van der Waals surface area contributed by atoms with Crippen LogP contribution in [0.3, 0.4) is 0 Å². The highest BCUT2D eigenvalue weighted by Gasteiger charge is 2.21. The van der Waals surface area contributed by atoms with E-state index in [0.717, 1.165) is 6.42 Å². The molecule has 0 aliphatic rings. The van der Waals surface area contributed by atoms with Crippen LogP contribution in [0.25, 0.3) is 0 Å². The lowest BCUT2D eigenvalue weighted by molar-refractivity contribution is 0.219. The largest absolute Gasteiger partial charge is 0.402 e. The number of hydrogen-bond donors (Lipinski definition) is 0. The van der Waals surface area contributed by atoms with Crippen molar-refractivity contribution in [3.63, 3.8) is 0 Å². The summed E-state index contributed by atoms with van der Waals surface area (Å²) in [6.07, 6.45) is 0.650. The van der Waals surface area contributed by atoms with Gasteiger partial charge in [-0.25, -0.2) is 0 Å². The molecular weight excluding hydrogens is 166 g/mol. The van der Waals surface area contributed by atoms with Crippen molar-refractivity contribution >= 4 is 8.32 Å². The second-order valence-corrected chi connectivity index (χ2v) is 8.94. The minimum atomic E-state index is -1.53. The average molecular weight is 185 g/mol. The van der Waals surface area contributed by atoms with Crippen LogP contribution in [-0.4, -0.2) is 14.4 Å². The Balaban J connectivity index is 3.95. The first kappa shape index (κ1) is 11.7. The SMILES string of the molecule is CC(C)CC(C#N)O[Si](C)(C)C. The zero-order valence-corrected chi connectivity index (χ0v) is 9.72. The lowest BCUT2D eigenvalue weighted by Crippen LogP contribution is -2.31. The minimum Gasteiger partial charge on any atom is -0.402 e. The lowest BCUT2D eigenvalue weighted by Gasteiger charge is -2.22. The van der Waals surface area contributed by atoms with E-state index in [-0.39, 0.29) is 6.10 Å². The van der Waals surface area contributed by atoms with Crippen LogP contribution in [-0.2, 0) is 4.43 Å². The van der Waals surface area contributed by atoms with Crippen molar-refractivity contribution in [2.75, 3.05) is 0 Å². The fourth-order valence-corrected chi connectivity index (χ4v) is 1.98. The van der Waals surface area contributed by atoms with E-state index >= 15 is 0 Å². The third kappa shape index (κ3) is 6.38. The van der Waals surface area contributed by atoms with Crippen LogP contribution in [0.1, 0.15) is 20.3 Å². The smallest absolute Gasteiger partial charge is 0.185 e. The highest BCUT2D eigenvalue weighted by molar-refractivity contribution is 6.69. The molecule has 0 heterocycles. The van der Waals surface area contributed by atoms with E-state index in [1.807, 2.05) is 0 Å². The van der Waals surface area contributed by atoms with Crippen molar-refractivity contribution in [3.05, 3.63) is 0 Å².